The van der Waals surface area contributed by atoms with Gasteiger partial charge in [0.15, 0.2) is 0 Å². The number of hydrogen-bond donors (Lipinski definition) is 1. The SMILES string of the molecule is COCCC(=O)N1CCN([SH](C)C)CC1. The van der Waals surface area contributed by atoms with E-state index in [2.05, 4.69) is 16.8 Å². The van der Waals surface area contributed by atoms with Gasteiger partial charge >= 0.3 is 0 Å². The van der Waals surface area contributed by atoms with Gasteiger partial charge in [-0.05, 0) is 12.5 Å². The van der Waals surface area contributed by atoms with Crippen molar-refractivity contribution in [3.05, 3.63) is 0 Å². The van der Waals surface area contributed by atoms with Gasteiger partial charge < -0.3 is 9.64 Å². The fourth-order valence-corrected chi connectivity index (χ4v) is 2.67. The van der Waals surface area contributed by atoms with Crippen molar-refractivity contribution >= 4 is 17.0 Å². The second kappa shape index (κ2) is 6.35. The number of rotatable bonds is 4. The third kappa shape index (κ3) is 4.01. The second-order valence-electron chi connectivity index (χ2n) is 3.92. The minimum atomic E-state index is 0.00275. The minimum absolute atomic E-state index is 0.00275. The van der Waals surface area contributed by atoms with E-state index in [0.717, 1.165) is 26.2 Å². The van der Waals surface area contributed by atoms with E-state index in [0.29, 0.717) is 13.0 Å². The highest BCUT2D eigenvalue weighted by Gasteiger charge is 2.20. The van der Waals surface area contributed by atoms with E-state index >= 15 is 0 Å². The van der Waals surface area contributed by atoms with Crippen LogP contribution in [0.4, 0.5) is 0 Å². The first kappa shape index (κ1) is 12.8. The molecule has 4 nitrogen and oxygen atoms in total. The lowest BCUT2D eigenvalue weighted by atomic mass is 10.3. The van der Waals surface area contributed by atoms with Crippen molar-refractivity contribution in [2.45, 2.75) is 6.42 Å². The van der Waals surface area contributed by atoms with Crippen molar-refractivity contribution in [1.82, 2.24) is 9.21 Å². The second-order valence-corrected chi connectivity index (χ2v) is 6.18. The predicted molar refractivity (Wildman–Crippen MR) is 65.5 cm³/mol. The molecule has 0 bridgehead atoms. The molecule has 0 aromatic rings. The molecule has 90 valence electrons. The van der Waals surface area contributed by atoms with Crippen molar-refractivity contribution in [3.8, 4) is 0 Å². The molecule has 0 N–H and O–H groups in total. The molecule has 1 fully saturated rings. The predicted octanol–water partition coefficient (Wildman–Crippen LogP) is 0.343. The average Bonchev–Trinajstić information content (AvgIpc) is 2.26. The van der Waals surface area contributed by atoms with E-state index in [4.69, 9.17) is 4.74 Å². The summed E-state index contributed by atoms with van der Waals surface area (Å²) in [7, 11) is 1.63. The van der Waals surface area contributed by atoms with Gasteiger partial charge in [-0.15, -0.1) is 0 Å². The Labute approximate surface area is 95.0 Å². The van der Waals surface area contributed by atoms with Crippen LogP contribution in [0.5, 0.6) is 0 Å². The summed E-state index contributed by atoms with van der Waals surface area (Å²) >= 11 is 0.00275. The lowest BCUT2D eigenvalue weighted by Gasteiger charge is -2.38. The monoisotopic (exact) mass is 234 g/mol. The number of methoxy groups -OCH3 is 1. The third-order valence-corrected chi connectivity index (χ3v) is 4.23. The van der Waals surface area contributed by atoms with Crippen molar-refractivity contribution in [3.63, 3.8) is 0 Å². The van der Waals surface area contributed by atoms with Crippen molar-refractivity contribution in [2.75, 3.05) is 52.4 Å². The molecule has 1 rings (SSSR count). The molecule has 0 aliphatic carbocycles. The maximum absolute atomic E-state index is 11.7. The van der Waals surface area contributed by atoms with Crippen LogP contribution in [-0.2, 0) is 9.53 Å². The van der Waals surface area contributed by atoms with Crippen LogP contribution in [0.25, 0.3) is 0 Å². The maximum atomic E-state index is 11.7. The molecule has 1 saturated heterocycles. The van der Waals surface area contributed by atoms with Gasteiger partial charge in [-0.2, -0.15) is 0 Å². The number of nitrogens with zero attached hydrogens (tertiary/aromatic N) is 2. The van der Waals surface area contributed by atoms with Gasteiger partial charge in [0.05, 0.1) is 13.0 Å². The van der Waals surface area contributed by atoms with E-state index in [9.17, 15) is 4.79 Å². The Bertz CT molecular complexity index is 204. The van der Waals surface area contributed by atoms with Gasteiger partial charge in [-0.25, -0.2) is 11.1 Å². The highest BCUT2D eigenvalue weighted by molar-refractivity contribution is 8.13. The number of hydrogen-bond acceptors (Lipinski definition) is 3. The molecule has 1 aliphatic heterocycles. The molecule has 1 heterocycles. The summed E-state index contributed by atoms with van der Waals surface area (Å²) in [5.74, 6) is 0.230. The van der Waals surface area contributed by atoms with Gasteiger partial charge in [0.1, 0.15) is 0 Å². The zero-order valence-corrected chi connectivity index (χ0v) is 10.8. The molecule has 5 heteroatoms. The quantitative estimate of drug-likeness (QED) is 0.712. The topological polar surface area (TPSA) is 32.8 Å². The van der Waals surface area contributed by atoms with Crippen LogP contribution in [0, 0.1) is 0 Å². The highest BCUT2D eigenvalue weighted by atomic mass is 32.2. The van der Waals surface area contributed by atoms with Crippen LogP contribution in [0.2, 0.25) is 0 Å². The van der Waals surface area contributed by atoms with Crippen molar-refractivity contribution < 1.29 is 9.53 Å². The van der Waals surface area contributed by atoms with Gasteiger partial charge in [0.25, 0.3) is 0 Å². The zero-order valence-electron chi connectivity index (χ0n) is 9.90. The summed E-state index contributed by atoms with van der Waals surface area (Å²) in [4.78, 5) is 13.6. The molecule has 1 amide bonds. The molecule has 0 spiro atoms. The van der Waals surface area contributed by atoms with Gasteiger partial charge in [-0.1, -0.05) is 0 Å². The summed E-state index contributed by atoms with van der Waals surface area (Å²) in [5.41, 5.74) is 0. The fraction of sp³-hybridized carbons (Fsp3) is 0.900. The number of amides is 1. The Morgan fingerprint density at radius 3 is 2.33 bits per heavy atom. The molecule has 0 aromatic heterocycles. The molecule has 0 saturated carbocycles. The normalized spacial score (nSPS) is 19.1. The van der Waals surface area contributed by atoms with Crippen LogP contribution < -0.4 is 0 Å². The molecule has 0 radical (unpaired) electrons. The first-order valence-electron chi connectivity index (χ1n) is 5.34. The van der Waals surface area contributed by atoms with Crippen molar-refractivity contribution in [1.29, 1.82) is 0 Å². The summed E-state index contributed by atoms with van der Waals surface area (Å²) in [6.45, 7) is 4.34. The zero-order chi connectivity index (χ0) is 11.3. The lowest BCUT2D eigenvalue weighted by Crippen LogP contribution is -2.47. The van der Waals surface area contributed by atoms with Gasteiger partial charge in [0, 0.05) is 33.3 Å². The lowest BCUT2D eigenvalue weighted by molar-refractivity contribution is -0.133. The molecule has 0 unspecified atom stereocenters. The molecule has 0 atom stereocenters. The Hall–Kier alpha value is -0.260. The van der Waals surface area contributed by atoms with Crippen LogP contribution in [0.15, 0.2) is 0 Å². The molecular weight excluding hydrogens is 212 g/mol. The first-order valence-corrected chi connectivity index (χ1v) is 7.53. The highest BCUT2D eigenvalue weighted by Crippen LogP contribution is 2.22. The number of ether oxygens (including phenoxy) is 1. The number of thiol groups is 1. The first-order chi connectivity index (χ1) is 7.15. The van der Waals surface area contributed by atoms with E-state index in [1.165, 1.54) is 0 Å². The Balaban J connectivity index is 2.27. The van der Waals surface area contributed by atoms with Crippen LogP contribution in [-0.4, -0.2) is 67.5 Å². The minimum Gasteiger partial charge on any atom is -0.384 e. The summed E-state index contributed by atoms with van der Waals surface area (Å²) in [5, 5.41) is 0. The molecule has 1 aliphatic rings. The number of carbonyl (C=O) groups excluding carboxylic acids is 1. The molecular formula is C10H22N2O2S. The Kier molecular flexibility index (Phi) is 5.42. The van der Waals surface area contributed by atoms with E-state index in [-0.39, 0.29) is 17.0 Å². The van der Waals surface area contributed by atoms with Crippen LogP contribution >= 0.6 is 11.1 Å². The maximum Gasteiger partial charge on any atom is 0.224 e. The Morgan fingerprint density at radius 1 is 1.27 bits per heavy atom. The third-order valence-electron chi connectivity index (χ3n) is 2.69. The van der Waals surface area contributed by atoms with Crippen molar-refractivity contribution in [2.24, 2.45) is 0 Å². The number of carbonyl (C=O) groups is 1. The number of piperazine rings is 1. The van der Waals surface area contributed by atoms with Crippen LogP contribution in [0.1, 0.15) is 6.42 Å². The van der Waals surface area contributed by atoms with Crippen LogP contribution in [0.3, 0.4) is 0 Å². The summed E-state index contributed by atoms with van der Waals surface area (Å²) in [6, 6.07) is 0. The van der Waals surface area contributed by atoms with E-state index < -0.39 is 0 Å². The fourth-order valence-electron chi connectivity index (χ4n) is 1.69. The summed E-state index contributed by atoms with van der Waals surface area (Å²) < 4.78 is 7.38. The van der Waals surface area contributed by atoms with Gasteiger partial charge in [0.2, 0.25) is 5.91 Å². The molecule has 0 aromatic carbocycles. The largest absolute Gasteiger partial charge is 0.384 e. The molecule has 15 heavy (non-hydrogen) atoms. The summed E-state index contributed by atoms with van der Waals surface area (Å²) in [6.07, 6.45) is 5.04. The Morgan fingerprint density at radius 2 is 1.87 bits per heavy atom. The van der Waals surface area contributed by atoms with Gasteiger partial charge in [-0.3, -0.25) is 9.10 Å². The standard InChI is InChI=1S/C10H22N2O2S/c1-14-9-4-10(13)11-5-7-12(8-6-11)15(2)3/h15H,4-9H2,1-3H3. The van der Waals surface area contributed by atoms with E-state index in [1.807, 2.05) is 4.90 Å². The van der Waals surface area contributed by atoms with E-state index in [1.54, 1.807) is 7.11 Å². The smallest absolute Gasteiger partial charge is 0.224 e. The average molecular weight is 234 g/mol.